The summed E-state index contributed by atoms with van der Waals surface area (Å²) in [5, 5.41) is 5.61. The molecule has 0 aliphatic carbocycles. The normalized spacial score (nSPS) is 11.3. The lowest BCUT2D eigenvalue weighted by Crippen LogP contribution is -2.31. The first kappa shape index (κ1) is 15.7. The minimum Gasteiger partial charge on any atom is -0.376 e. The van der Waals surface area contributed by atoms with Crippen molar-refractivity contribution in [2.75, 3.05) is 0 Å². The Morgan fingerprint density at radius 1 is 1.24 bits per heavy atom. The molecule has 0 spiro atoms. The first-order valence-electron chi connectivity index (χ1n) is 7.43. The molecule has 0 atom stereocenters. The van der Waals surface area contributed by atoms with Gasteiger partial charge in [-0.05, 0) is 42.9 Å². The average Bonchev–Trinajstić information content (AvgIpc) is 2.92. The number of pyridine rings is 1. The van der Waals surface area contributed by atoms with Crippen molar-refractivity contribution in [3.05, 3.63) is 63.8 Å². The molecule has 0 fully saturated rings. The zero-order valence-corrected chi connectivity index (χ0v) is 14.7. The Morgan fingerprint density at radius 3 is 2.64 bits per heavy atom. The fraction of sp³-hybridized carbons (Fsp3) is 0.0588. The number of halogens is 1. The van der Waals surface area contributed by atoms with Gasteiger partial charge in [0, 0.05) is 23.0 Å². The molecule has 0 radical (unpaired) electrons. The number of aromatic nitrogens is 4. The highest BCUT2D eigenvalue weighted by atomic mass is 35.5. The van der Waals surface area contributed by atoms with Crippen LogP contribution in [-0.4, -0.2) is 24.3 Å². The highest BCUT2D eigenvalue weighted by Gasteiger charge is 2.16. The highest BCUT2D eigenvalue weighted by Crippen LogP contribution is 2.29. The van der Waals surface area contributed by atoms with Crippen molar-refractivity contribution >= 4 is 45.5 Å². The summed E-state index contributed by atoms with van der Waals surface area (Å²) >= 11 is 10.9. The molecule has 3 heterocycles. The van der Waals surface area contributed by atoms with Gasteiger partial charge in [-0.25, -0.2) is 9.50 Å². The van der Waals surface area contributed by atoms with Gasteiger partial charge in [-0.2, -0.15) is 5.10 Å². The molecule has 0 bridgehead atoms. The Labute approximate surface area is 152 Å². The monoisotopic (exact) mass is 369 g/mol. The molecule has 3 aromatic heterocycles. The van der Waals surface area contributed by atoms with Gasteiger partial charge >= 0.3 is 0 Å². The summed E-state index contributed by atoms with van der Waals surface area (Å²) in [6.07, 6.45) is 3.08. The van der Waals surface area contributed by atoms with Crippen molar-refractivity contribution in [3.8, 4) is 11.1 Å². The molecule has 25 heavy (non-hydrogen) atoms. The lowest BCUT2D eigenvalue weighted by Gasteiger charge is -2.06. The molecular weight excluding hydrogens is 358 g/mol. The summed E-state index contributed by atoms with van der Waals surface area (Å²) in [4.78, 5) is 17.0. The van der Waals surface area contributed by atoms with Crippen LogP contribution in [0.2, 0.25) is 5.02 Å². The topological polar surface area (TPSA) is 78.2 Å². The van der Waals surface area contributed by atoms with Gasteiger partial charge in [0.25, 0.3) is 5.56 Å². The summed E-state index contributed by atoms with van der Waals surface area (Å²) in [7, 11) is 0. The molecule has 0 saturated heterocycles. The van der Waals surface area contributed by atoms with Gasteiger partial charge in [-0.15, -0.1) is 0 Å². The summed E-state index contributed by atoms with van der Waals surface area (Å²) in [5.41, 5.74) is 9.23. The van der Waals surface area contributed by atoms with Crippen molar-refractivity contribution in [1.82, 2.24) is 19.2 Å². The van der Waals surface area contributed by atoms with E-state index in [9.17, 15) is 4.79 Å². The molecule has 1 aromatic carbocycles. The Bertz CT molecular complexity index is 1210. The number of hydrogen-bond acceptors (Lipinski definition) is 4. The van der Waals surface area contributed by atoms with E-state index in [1.807, 2.05) is 31.2 Å². The Morgan fingerprint density at radius 2 is 1.96 bits per heavy atom. The van der Waals surface area contributed by atoms with E-state index in [-0.39, 0.29) is 10.7 Å². The molecule has 0 unspecified atom stereocenters. The minimum absolute atomic E-state index is 0.00880. The van der Waals surface area contributed by atoms with Crippen molar-refractivity contribution < 1.29 is 0 Å². The van der Waals surface area contributed by atoms with Crippen molar-refractivity contribution in [3.63, 3.8) is 0 Å². The molecule has 4 rings (SSSR count). The minimum atomic E-state index is -0.319. The predicted molar refractivity (Wildman–Crippen MR) is 102 cm³/mol. The third-order valence-corrected chi connectivity index (χ3v) is 4.51. The lowest BCUT2D eigenvalue weighted by atomic mass is 10.1. The highest BCUT2D eigenvalue weighted by molar-refractivity contribution is 7.80. The third-order valence-electron chi connectivity index (χ3n) is 4.06. The van der Waals surface area contributed by atoms with Crippen LogP contribution in [-0.2, 0) is 0 Å². The molecule has 6 nitrogen and oxygen atoms in total. The first-order valence-corrected chi connectivity index (χ1v) is 8.21. The van der Waals surface area contributed by atoms with Gasteiger partial charge < -0.3 is 5.73 Å². The van der Waals surface area contributed by atoms with Gasteiger partial charge in [-0.1, -0.05) is 23.7 Å². The number of thiocarbonyl (C=S) groups is 1. The summed E-state index contributed by atoms with van der Waals surface area (Å²) in [6, 6.07) is 9.23. The summed E-state index contributed by atoms with van der Waals surface area (Å²) < 4.78 is 2.88. The van der Waals surface area contributed by atoms with Crippen LogP contribution < -0.4 is 11.3 Å². The predicted octanol–water partition coefficient (Wildman–Crippen LogP) is 2.76. The quantitative estimate of drug-likeness (QED) is 0.522. The number of hydrogen-bond donors (Lipinski definition) is 1. The molecule has 0 amide bonds. The van der Waals surface area contributed by atoms with E-state index in [1.165, 1.54) is 10.8 Å². The number of fused-ring (bicyclic) bond motifs is 3. The number of benzene rings is 1. The zero-order chi connectivity index (χ0) is 17.7. The van der Waals surface area contributed by atoms with Crippen LogP contribution in [0.4, 0.5) is 0 Å². The van der Waals surface area contributed by atoms with E-state index >= 15 is 0 Å². The van der Waals surface area contributed by atoms with E-state index in [0.717, 1.165) is 16.8 Å². The van der Waals surface area contributed by atoms with E-state index in [2.05, 4.69) is 10.1 Å². The van der Waals surface area contributed by atoms with E-state index in [0.29, 0.717) is 21.6 Å². The van der Waals surface area contributed by atoms with Gasteiger partial charge in [-0.3, -0.25) is 9.36 Å². The molecule has 8 heteroatoms. The second-order valence-electron chi connectivity index (χ2n) is 5.59. The standard InChI is InChI=1S/C17H12ClN5OS/c1-9-14(10-2-4-11(18)5-3-10)15-20-8-12-13(23(15)21-9)6-7-22(16(12)24)17(19)25/h2-8H,1H3,(H2,19,25). The maximum Gasteiger partial charge on any atom is 0.267 e. The van der Waals surface area contributed by atoms with E-state index < -0.39 is 0 Å². The maximum absolute atomic E-state index is 12.5. The molecular formula is C17H12ClN5OS. The second-order valence-corrected chi connectivity index (χ2v) is 6.44. The van der Waals surface area contributed by atoms with Crippen LogP contribution in [0.15, 0.2) is 47.5 Å². The number of nitrogens with two attached hydrogens (primary N) is 1. The molecule has 0 aliphatic rings. The fourth-order valence-corrected chi connectivity index (χ4v) is 3.17. The smallest absolute Gasteiger partial charge is 0.267 e. The van der Waals surface area contributed by atoms with Crippen molar-refractivity contribution in [1.29, 1.82) is 0 Å². The number of rotatable bonds is 1. The lowest BCUT2D eigenvalue weighted by molar-refractivity contribution is 0.948. The average molecular weight is 370 g/mol. The zero-order valence-electron chi connectivity index (χ0n) is 13.1. The molecule has 0 aliphatic heterocycles. The Kier molecular flexibility index (Phi) is 3.55. The Hall–Kier alpha value is -2.77. The first-order chi connectivity index (χ1) is 12.0. The number of nitrogens with zero attached hydrogens (tertiary/aromatic N) is 4. The molecule has 0 saturated carbocycles. The van der Waals surface area contributed by atoms with Gasteiger partial charge in [0.2, 0.25) is 0 Å². The third kappa shape index (κ3) is 2.40. The van der Waals surface area contributed by atoms with Gasteiger partial charge in [0.1, 0.15) is 0 Å². The van der Waals surface area contributed by atoms with Crippen LogP contribution in [0.1, 0.15) is 5.69 Å². The van der Waals surface area contributed by atoms with Gasteiger partial charge in [0.15, 0.2) is 10.8 Å². The molecule has 2 N–H and O–H groups in total. The van der Waals surface area contributed by atoms with Crippen molar-refractivity contribution in [2.45, 2.75) is 6.92 Å². The van der Waals surface area contributed by atoms with Gasteiger partial charge in [0.05, 0.1) is 16.6 Å². The largest absolute Gasteiger partial charge is 0.376 e. The maximum atomic E-state index is 12.5. The van der Waals surface area contributed by atoms with Crippen LogP contribution in [0, 0.1) is 6.92 Å². The number of aryl methyl sites for hydroxylation is 1. The van der Waals surface area contributed by atoms with Crippen molar-refractivity contribution in [2.24, 2.45) is 5.73 Å². The Balaban J connectivity index is 2.06. The van der Waals surface area contributed by atoms with E-state index in [4.69, 9.17) is 29.6 Å². The molecule has 124 valence electrons. The summed E-state index contributed by atoms with van der Waals surface area (Å²) in [6.45, 7) is 1.90. The summed E-state index contributed by atoms with van der Waals surface area (Å²) in [5.74, 6) is 0. The van der Waals surface area contributed by atoms with Crippen LogP contribution in [0.25, 0.3) is 27.7 Å². The van der Waals surface area contributed by atoms with Crippen LogP contribution in [0.5, 0.6) is 0 Å². The van der Waals surface area contributed by atoms with E-state index in [1.54, 1.807) is 16.8 Å². The molecule has 4 aromatic rings. The SMILES string of the molecule is Cc1nn2c(ncc3c(=O)n(C(N)=S)ccc32)c1-c1ccc(Cl)cc1. The fourth-order valence-electron chi connectivity index (χ4n) is 2.90. The second kappa shape index (κ2) is 5.65. The van der Waals surface area contributed by atoms with Crippen LogP contribution in [0.3, 0.4) is 0 Å². The van der Waals surface area contributed by atoms with Crippen LogP contribution >= 0.6 is 23.8 Å².